The molecule has 0 saturated carbocycles. The molecule has 0 aliphatic carbocycles. The molecule has 0 atom stereocenters. The van der Waals surface area contributed by atoms with E-state index in [1.54, 1.807) is 0 Å². The maximum absolute atomic E-state index is 14.5. The molecule has 0 saturated heterocycles. The molecule has 3 rings (SSSR count). The molecular weight excluding hydrogens is 433 g/mol. The van der Waals surface area contributed by atoms with Crippen LogP contribution in [0.4, 0.5) is 43.8 Å². The number of carbonyl (C=O) groups is 1. The average Bonchev–Trinajstić information content (AvgIpc) is 2.71. The second-order valence-corrected chi connectivity index (χ2v) is 6.65. The number of nitrogens with one attached hydrogen (secondary N) is 3. The highest BCUT2D eigenvalue weighted by Crippen LogP contribution is 2.32. The third-order valence-electron chi connectivity index (χ3n) is 4.47. The van der Waals surface area contributed by atoms with Crippen LogP contribution in [0.2, 0.25) is 0 Å². The molecule has 166 valence electrons. The zero-order valence-electron chi connectivity index (χ0n) is 16.1. The summed E-state index contributed by atoms with van der Waals surface area (Å²) in [6, 6.07) is 9.22. The van der Waals surface area contributed by atoms with E-state index in [0.29, 0.717) is 23.8 Å². The lowest BCUT2D eigenvalue weighted by molar-refractivity contribution is -0.137. The number of anilines is 3. The van der Waals surface area contributed by atoms with E-state index >= 15 is 0 Å². The van der Waals surface area contributed by atoms with Crippen LogP contribution in [-0.4, -0.2) is 11.9 Å². The number of nitrogens with two attached hydrogens (primary N) is 2. The molecule has 2 amide bonds. The molecule has 0 bridgehead atoms. The second kappa shape index (κ2) is 8.53. The number of nitrogen functional groups attached to an aromatic ring is 2. The largest absolute Gasteiger partial charge is 0.416 e. The molecule has 0 radical (unpaired) electrons. The standard InChI is InChI=1S/C21H16F5N5O/c22-15-8-3-11(21(24,25)26)9-16(15)31-20(32)30-12-4-1-10(2-5-12)13-6-7-14(19(28)29)18(27)17(13)23/h1-9H,27H2,(H3,28,29)(H2,30,31,32). The molecule has 0 unspecified atom stereocenters. The molecule has 0 aromatic heterocycles. The Morgan fingerprint density at radius 3 is 2.19 bits per heavy atom. The molecule has 0 aliphatic heterocycles. The van der Waals surface area contributed by atoms with Gasteiger partial charge >= 0.3 is 12.2 Å². The minimum atomic E-state index is -4.70. The van der Waals surface area contributed by atoms with Crippen LogP contribution in [0.15, 0.2) is 54.6 Å². The molecule has 7 N–H and O–H groups in total. The van der Waals surface area contributed by atoms with E-state index in [2.05, 4.69) is 5.32 Å². The fourth-order valence-electron chi connectivity index (χ4n) is 2.87. The van der Waals surface area contributed by atoms with Gasteiger partial charge in [0.2, 0.25) is 0 Å². The van der Waals surface area contributed by atoms with Gasteiger partial charge in [0.25, 0.3) is 0 Å². The van der Waals surface area contributed by atoms with Crippen molar-refractivity contribution in [3.63, 3.8) is 0 Å². The first-order valence-corrected chi connectivity index (χ1v) is 8.95. The molecular formula is C21H16F5N5O. The van der Waals surface area contributed by atoms with Gasteiger partial charge in [-0.05, 0) is 42.0 Å². The van der Waals surface area contributed by atoms with Crippen LogP contribution in [0.1, 0.15) is 11.1 Å². The Hall–Kier alpha value is -4.15. The van der Waals surface area contributed by atoms with Gasteiger partial charge in [-0.25, -0.2) is 13.6 Å². The highest BCUT2D eigenvalue weighted by molar-refractivity contribution is 6.01. The van der Waals surface area contributed by atoms with Gasteiger partial charge in [0.1, 0.15) is 11.7 Å². The van der Waals surface area contributed by atoms with Crippen molar-refractivity contribution in [3.8, 4) is 11.1 Å². The Kier molecular flexibility index (Phi) is 6.01. The van der Waals surface area contributed by atoms with E-state index in [-0.39, 0.29) is 28.3 Å². The Morgan fingerprint density at radius 1 is 0.938 bits per heavy atom. The summed E-state index contributed by atoms with van der Waals surface area (Å²) in [7, 11) is 0. The topological polar surface area (TPSA) is 117 Å². The number of hydrogen-bond donors (Lipinski definition) is 5. The zero-order chi connectivity index (χ0) is 23.6. The maximum atomic E-state index is 14.5. The van der Waals surface area contributed by atoms with Gasteiger partial charge in [0.05, 0.1) is 16.9 Å². The second-order valence-electron chi connectivity index (χ2n) is 6.65. The van der Waals surface area contributed by atoms with E-state index in [0.717, 1.165) is 0 Å². The van der Waals surface area contributed by atoms with E-state index in [1.807, 2.05) is 5.32 Å². The van der Waals surface area contributed by atoms with Gasteiger partial charge in [-0.3, -0.25) is 5.41 Å². The predicted octanol–water partition coefficient (Wildman–Crippen LogP) is 5.16. The summed E-state index contributed by atoms with van der Waals surface area (Å²) in [4.78, 5) is 12.1. The molecule has 11 heteroatoms. The lowest BCUT2D eigenvalue weighted by Gasteiger charge is -2.12. The number of amidine groups is 1. The first-order valence-electron chi connectivity index (χ1n) is 8.95. The number of carbonyl (C=O) groups excluding carboxylic acids is 1. The monoisotopic (exact) mass is 449 g/mol. The van der Waals surface area contributed by atoms with Gasteiger partial charge in [0.15, 0.2) is 5.82 Å². The molecule has 3 aromatic rings. The van der Waals surface area contributed by atoms with Gasteiger partial charge in [-0.2, -0.15) is 13.2 Å². The molecule has 0 spiro atoms. The maximum Gasteiger partial charge on any atom is 0.416 e. The zero-order valence-corrected chi connectivity index (χ0v) is 16.1. The fourth-order valence-corrected chi connectivity index (χ4v) is 2.87. The van der Waals surface area contributed by atoms with Crippen LogP contribution in [0.3, 0.4) is 0 Å². The molecule has 3 aromatic carbocycles. The van der Waals surface area contributed by atoms with Crippen LogP contribution < -0.4 is 22.1 Å². The summed E-state index contributed by atoms with van der Waals surface area (Å²) in [6.45, 7) is 0. The number of hydrogen-bond acceptors (Lipinski definition) is 3. The summed E-state index contributed by atoms with van der Waals surface area (Å²) in [6.07, 6.45) is -4.70. The van der Waals surface area contributed by atoms with Crippen molar-refractivity contribution in [3.05, 3.63) is 77.4 Å². The smallest absolute Gasteiger partial charge is 0.396 e. The molecule has 32 heavy (non-hydrogen) atoms. The first-order chi connectivity index (χ1) is 15.0. The summed E-state index contributed by atoms with van der Waals surface area (Å²) in [5.74, 6) is -2.18. The number of rotatable bonds is 4. The molecule has 0 heterocycles. The number of halogens is 5. The first kappa shape index (κ1) is 22.5. The highest BCUT2D eigenvalue weighted by Gasteiger charge is 2.31. The van der Waals surface area contributed by atoms with Crippen LogP contribution in [0.25, 0.3) is 11.1 Å². The molecule has 0 fully saturated rings. The van der Waals surface area contributed by atoms with Crippen molar-refractivity contribution in [2.75, 3.05) is 16.4 Å². The van der Waals surface area contributed by atoms with Crippen LogP contribution in [-0.2, 0) is 6.18 Å². The van der Waals surface area contributed by atoms with Crippen molar-refractivity contribution in [1.29, 1.82) is 5.41 Å². The normalized spacial score (nSPS) is 11.2. The van der Waals surface area contributed by atoms with Gasteiger partial charge in [0, 0.05) is 16.8 Å². The summed E-state index contributed by atoms with van der Waals surface area (Å²) < 4.78 is 66.6. The molecule has 0 aliphatic rings. The van der Waals surface area contributed by atoms with Crippen molar-refractivity contribution in [1.82, 2.24) is 0 Å². The SMILES string of the molecule is N=C(N)c1ccc(-c2ccc(NC(=O)Nc3cc(C(F)(F)F)ccc3F)cc2)c(F)c1N. The minimum absolute atomic E-state index is 0.0584. The number of alkyl halides is 3. The Balaban J connectivity index is 1.75. The minimum Gasteiger partial charge on any atom is -0.396 e. The Morgan fingerprint density at radius 2 is 1.59 bits per heavy atom. The van der Waals surface area contributed by atoms with Crippen molar-refractivity contribution < 1.29 is 26.7 Å². The number of urea groups is 1. The van der Waals surface area contributed by atoms with Crippen molar-refractivity contribution in [2.45, 2.75) is 6.18 Å². The average molecular weight is 449 g/mol. The predicted molar refractivity (Wildman–Crippen MR) is 111 cm³/mol. The van der Waals surface area contributed by atoms with Crippen LogP contribution in [0, 0.1) is 17.0 Å². The van der Waals surface area contributed by atoms with Crippen LogP contribution >= 0.6 is 0 Å². The summed E-state index contributed by atoms with van der Waals surface area (Å²) in [5, 5.41) is 11.7. The van der Waals surface area contributed by atoms with Crippen molar-refractivity contribution >= 4 is 28.9 Å². The van der Waals surface area contributed by atoms with Crippen molar-refractivity contribution in [2.24, 2.45) is 5.73 Å². The number of benzene rings is 3. The van der Waals surface area contributed by atoms with E-state index < -0.39 is 35.1 Å². The Labute approximate surface area is 178 Å². The third kappa shape index (κ3) is 4.77. The van der Waals surface area contributed by atoms with E-state index in [4.69, 9.17) is 16.9 Å². The lowest BCUT2D eigenvalue weighted by Crippen LogP contribution is -2.20. The summed E-state index contributed by atoms with van der Waals surface area (Å²) in [5.41, 5.74) is 9.80. The lowest BCUT2D eigenvalue weighted by atomic mass is 10.0. The fraction of sp³-hybridized carbons (Fsp3) is 0.0476. The molecule has 6 nitrogen and oxygen atoms in total. The third-order valence-corrected chi connectivity index (χ3v) is 4.47. The van der Waals surface area contributed by atoms with Gasteiger partial charge < -0.3 is 22.1 Å². The van der Waals surface area contributed by atoms with Crippen LogP contribution in [0.5, 0.6) is 0 Å². The van der Waals surface area contributed by atoms with E-state index in [9.17, 15) is 26.7 Å². The highest BCUT2D eigenvalue weighted by atomic mass is 19.4. The quantitative estimate of drug-likeness (QED) is 0.164. The Bertz CT molecular complexity index is 1190. The van der Waals surface area contributed by atoms with Gasteiger partial charge in [-0.15, -0.1) is 0 Å². The summed E-state index contributed by atoms with van der Waals surface area (Å²) >= 11 is 0. The van der Waals surface area contributed by atoms with Gasteiger partial charge in [-0.1, -0.05) is 18.2 Å². The van der Waals surface area contributed by atoms with E-state index in [1.165, 1.54) is 36.4 Å². The number of amides is 2.